The van der Waals surface area contributed by atoms with Crippen molar-refractivity contribution >= 4 is 11.6 Å². The Morgan fingerprint density at radius 3 is 3.05 bits per heavy atom. The Bertz CT molecular complexity index is 392. The summed E-state index contributed by atoms with van der Waals surface area (Å²) in [6, 6.07) is 2.33. The van der Waals surface area contributed by atoms with Crippen LogP contribution in [0.1, 0.15) is 13.8 Å². The van der Waals surface area contributed by atoms with E-state index < -0.39 is 0 Å². The summed E-state index contributed by atoms with van der Waals surface area (Å²) in [4.78, 5) is 10.6. The van der Waals surface area contributed by atoms with E-state index in [1.54, 1.807) is 6.33 Å². The van der Waals surface area contributed by atoms with Crippen LogP contribution >= 0.6 is 0 Å². The predicted octanol–water partition coefficient (Wildman–Crippen LogP) is 0.722. The van der Waals surface area contributed by atoms with E-state index >= 15 is 0 Å². The molecular weight excluding hydrogens is 242 g/mol. The van der Waals surface area contributed by atoms with Crippen molar-refractivity contribution in [3.05, 3.63) is 12.4 Å². The highest BCUT2D eigenvalue weighted by atomic mass is 16.5. The molecule has 6 heteroatoms. The van der Waals surface area contributed by atoms with Gasteiger partial charge in [-0.1, -0.05) is 0 Å². The van der Waals surface area contributed by atoms with Gasteiger partial charge in [0.1, 0.15) is 18.0 Å². The molecule has 2 N–H and O–H groups in total. The summed E-state index contributed by atoms with van der Waals surface area (Å²) >= 11 is 0. The molecule has 19 heavy (non-hydrogen) atoms. The van der Waals surface area contributed by atoms with Crippen molar-refractivity contribution in [3.8, 4) is 0 Å². The van der Waals surface area contributed by atoms with Crippen LogP contribution in [0.4, 0.5) is 11.6 Å². The van der Waals surface area contributed by atoms with Gasteiger partial charge in [0, 0.05) is 38.8 Å². The summed E-state index contributed by atoms with van der Waals surface area (Å²) in [6.45, 7) is 7.62. The molecule has 0 saturated carbocycles. The van der Waals surface area contributed by atoms with Crippen LogP contribution in [0.25, 0.3) is 0 Å². The number of likely N-dealkylation sites (N-methyl/N-ethyl adjacent to an activating group) is 1. The number of nitrogens with zero attached hydrogens (tertiary/aromatic N) is 3. The molecule has 106 valence electrons. The lowest BCUT2D eigenvalue weighted by Crippen LogP contribution is -2.44. The molecule has 1 unspecified atom stereocenters. The molecule has 1 fully saturated rings. The van der Waals surface area contributed by atoms with Gasteiger partial charge in [-0.25, -0.2) is 9.97 Å². The average Bonchev–Trinajstić information content (AvgIpc) is 2.39. The lowest BCUT2D eigenvalue weighted by Gasteiger charge is -2.28. The first-order chi connectivity index (χ1) is 9.15. The number of ether oxygens (including phenoxy) is 1. The minimum atomic E-state index is 0.218. The van der Waals surface area contributed by atoms with Gasteiger partial charge in [0.25, 0.3) is 0 Å². The predicted molar refractivity (Wildman–Crippen MR) is 76.7 cm³/mol. The van der Waals surface area contributed by atoms with E-state index in [2.05, 4.69) is 39.3 Å². The number of anilines is 2. The topological polar surface area (TPSA) is 62.3 Å². The van der Waals surface area contributed by atoms with Crippen molar-refractivity contribution in [2.75, 3.05) is 43.5 Å². The molecule has 0 spiro atoms. The normalized spacial score (nSPS) is 19.5. The maximum Gasteiger partial charge on any atom is 0.133 e. The fraction of sp³-hybridized carbons (Fsp3) is 0.692. The van der Waals surface area contributed by atoms with Gasteiger partial charge in [-0.15, -0.1) is 0 Å². The zero-order valence-electron chi connectivity index (χ0n) is 11.9. The van der Waals surface area contributed by atoms with Crippen LogP contribution in [0.2, 0.25) is 0 Å². The first kappa shape index (κ1) is 14.0. The maximum atomic E-state index is 5.70. The van der Waals surface area contributed by atoms with Crippen molar-refractivity contribution < 1.29 is 4.74 Å². The summed E-state index contributed by atoms with van der Waals surface area (Å²) in [6.07, 6.45) is 1.81. The van der Waals surface area contributed by atoms with E-state index in [1.165, 1.54) is 0 Å². The van der Waals surface area contributed by atoms with Gasteiger partial charge < -0.3 is 20.3 Å². The molecule has 6 nitrogen and oxygen atoms in total. The summed E-state index contributed by atoms with van der Waals surface area (Å²) in [5, 5.41) is 6.61. The van der Waals surface area contributed by atoms with Gasteiger partial charge in [0.2, 0.25) is 0 Å². The molecule has 2 heterocycles. The number of hydrogen-bond donors (Lipinski definition) is 2. The van der Waals surface area contributed by atoms with Crippen molar-refractivity contribution in [1.29, 1.82) is 0 Å². The Hall–Kier alpha value is -1.40. The van der Waals surface area contributed by atoms with Gasteiger partial charge in [0.15, 0.2) is 0 Å². The zero-order chi connectivity index (χ0) is 13.7. The molecule has 0 amide bonds. The molecule has 1 aliphatic rings. The largest absolute Gasteiger partial charge is 0.374 e. The Balaban J connectivity index is 1.95. The fourth-order valence-corrected chi connectivity index (χ4v) is 2.07. The van der Waals surface area contributed by atoms with E-state index in [-0.39, 0.29) is 6.10 Å². The standard InChI is InChI=1S/C13H23N5O/c1-10(2)17-12-6-13(16-9-15-12)18(3)8-11-7-14-4-5-19-11/h6,9-11,14H,4-5,7-8H2,1-3H3,(H,15,16,17). The lowest BCUT2D eigenvalue weighted by molar-refractivity contribution is 0.0339. The highest BCUT2D eigenvalue weighted by Crippen LogP contribution is 2.14. The van der Waals surface area contributed by atoms with Gasteiger partial charge in [-0.2, -0.15) is 0 Å². The first-order valence-electron chi connectivity index (χ1n) is 6.77. The second-order valence-corrected chi connectivity index (χ2v) is 5.14. The van der Waals surface area contributed by atoms with E-state index in [0.29, 0.717) is 6.04 Å². The first-order valence-corrected chi connectivity index (χ1v) is 6.77. The number of rotatable bonds is 5. The zero-order valence-corrected chi connectivity index (χ0v) is 11.9. The quantitative estimate of drug-likeness (QED) is 0.818. The Morgan fingerprint density at radius 2 is 2.37 bits per heavy atom. The Labute approximate surface area is 114 Å². The van der Waals surface area contributed by atoms with Crippen molar-refractivity contribution in [2.45, 2.75) is 26.0 Å². The van der Waals surface area contributed by atoms with Crippen molar-refractivity contribution in [1.82, 2.24) is 15.3 Å². The van der Waals surface area contributed by atoms with Crippen LogP contribution in [-0.2, 0) is 4.74 Å². The molecular formula is C13H23N5O. The Morgan fingerprint density at radius 1 is 1.53 bits per heavy atom. The third-order valence-electron chi connectivity index (χ3n) is 2.96. The maximum absolute atomic E-state index is 5.70. The third-order valence-corrected chi connectivity index (χ3v) is 2.96. The minimum absolute atomic E-state index is 0.218. The molecule has 0 aliphatic carbocycles. The van der Waals surface area contributed by atoms with E-state index in [0.717, 1.165) is 37.9 Å². The van der Waals surface area contributed by atoms with E-state index in [4.69, 9.17) is 4.74 Å². The van der Waals surface area contributed by atoms with Gasteiger partial charge in [0.05, 0.1) is 12.7 Å². The van der Waals surface area contributed by atoms with Crippen LogP contribution in [0.5, 0.6) is 0 Å². The smallest absolute Gasteiger partial charge is 0.133 e. The van der Waals surface area contributed by atoms with Gasteiger partial charge >= 0.3 is 0 Å². The molecule has 0 aromatic carbocycles. The second kappa shape index (κ2) is 6.68. The molecule has 1 saturated heterocycles. The molecule has 0 radical (unpaired) electrons. The molecule has 1 aliphatic heterocycles. The number of hydrogen-bond acceptors (Lipinski definition) is 6. The van der Waals surface area contributed by atoms with Crippen LogP contribution in [0.3, 0.4) is 0 Å². The number of morpholine rings is 1. The third kappa shape index (κ3) is 4.33. The summed E-state index contributed by atoms with van der Waals surface area (Å²) < 4.78 is 5.70. The van der Waals surface area contributed by atoms with Crippen LogP contribution < -0.4 is 15.5 Å². The second-order valence-electron chi connectivity index (χ2n) is 5.14. The molecule has 1 aromatic rings. The summed E-state index contributed by atoms with van der Waals surface area (Å²) in [5.41, 5.74) is 0. The molecule has 1 atom stereocenters. The van der Waals surface area contributed by atoms with Crippen LogP contribution in [0, 0.1) is 0 Å². The van der Waals surface area contributed by atoms with Crippen LogP contribution in [-0.4, -0.2) is 55.4 Å². The number of nitrogens with one attached hydrogen (secondary N) is 2. The van der Waals surface area contributed by atoms with Crippen molar-refractivity contribution in [2.24, 2.45) is 0 Å². The lowest BCUT2D eigenvalue weighted by atomic mass is 10.3. The summed E-state index contributed by atoms with van der Waals surface area (Å²) in [7, 11) is 2.03. The monoisotopic (exact) mass is 265 g/mol. The van der Waals surface area contributed by atoms with E-state index in [1.807, 2.05) is 13.1 Å². The highest BCUT2D eigenvalue weighted by Gasteiger charge is 2.16. The van der Waals surface area contributed by atoms with Gasteiger partial charge in [-0.3, -0.25) is 0 Å². The highest BCUT2D eigenvalue weighted by molar-refractivity contribution is 5.48. The fourth-order valence-electron chi connectivity index (χ4n) is 2.07. The SMILES string of the molecule is CC(C)Nc1cc(N(C)CC2CNCCO2)ncn1. The molecule has 2 rings (SSSR count). The Kier molecular flexibility index (Phi) is 4.93. The van der Waals surface area contributed by atoms with Crippen molar-refractivity contribution in [3.63, 3.8) is 0 Å². The van der Waals surface area contributed by atoms with Crippen LogP contribution in [0.15, 0.2) is 12.4 Å². The minimum Gasteiger partial charge on any atom is -0.374 e. The van der Waals surface area contributed by atoms with E-state index in [9.17, 15) is 0 Å². The summed E-state index contributed by atoms with van der Waals surface area (Å²) in [5.74, 6) is 1.77. The molecule has 1 aromatic heterocycles. The molecule has 0 bridgehead atoms. The van der Waals surface area contributed by atoms with Gasteiger partial charge in [-0.05, 0) is 13.8 Å². The number of aromatic nitrogens is 2. The average molecular weight is 265 g/mol.